The summed E-state index contributed by atoms with van der Waals surface area (Å²) in [7, 11) is 0. The first-order valence-corrected chi connectivity index (χ1v) is 6.22. The zero-order valence-electron chi connectivity index (χ0n) is 7.58. The van der Waals surface area contributed by atoms with Gasteiger partial charge in [0.25, 0.3) is 0 Å². The van der Waals surface area contributed by atoms with Crippen LogP contribution in [0.3, 0.4) is 0 Å². The summed E-state index contributed by atoms with van der Waals surface area (Å²) in [5.74, 6) is -0.0371. The molecule has 0 saturated carbocycles. The Balaban J connectivity index is 2.54. The lowest BCUT2D eigenvalue weighted by molar-refractivity contribution is 0.399. The summed E-state index contributed by atoms with van der Waals surface area (Å²) in [6.45, 7) is 0. The molecule has 0 fully saturated rings. The van der Waals surface area contributed by atoms with Crippen molar-refractivity contribution < 1.29 is 10.2 Å². The molecular formula is C10H12Br2O2. The molecule has 0 spiro atoms. The lowest BCUT2D eigenvalue weighted by Gasteiger charge is -2.06. The molecule has 2 nitrogen and oxygen atoms in total. The molecule has 1 aromatic rings. The smallest absolute Gasteiger partial charge is 0.160 e. The van der Waals surface area contributed by atoms with Crippen molar-refractivity contribution in [2.75, 3.05) is 0 Å². The van der Waals surface area contributed by atoms with Crippen molar-refractivity contribution in [3.05, 3.63) is 23.8 Å². The van der Waals surface area contributed by atoms with Crippen molar-refractivity contribution in [3.63, 3.8) is 0 Å². The second kappa shape index (κ2) is 5.61. The average Bonchev–Trinajstić information content (AvgIpc) is 2.12. The minimum atomic E-state index is -0.0447. The number of para-hydroxylation sites is 1. The molecule has 0 unspecified atom stereocenters. The Morgan fingerprint density at radius 1 is 1.21 bits per heavy atom. The summed E-state index contributed by atoms with van der Waals surface area (Å²) in [6.07, 6.45) is 2.71. The number of rotatable bonds is 4. The van der Waals surface area contributed by atoms with E-state index in [1.807, 2.05) is 6.07 Å². The van der Waals surface area contributed by atoms with Crippen molar-refractivity contribution in [1.82, 2.24) is 0 Å². The molecular weight excluding hydrogens is 312 g/mol. The SMILES string of the molecule is Oc1cccc(CCCC(Br)Br)c1O. The van der Waals surface area contributed by atoms with E-state index in [-0.39, 0.29) is 11.5 Å². The van der Waals surface area contributed by atoms with Gasteiger partial charge in [0.2, 0.25) is 0 Å². The highest BCUT2D eigenvalue weighted by atomic mass is 79.9. The molecule has 0 radical (unpaired) electrons. The average molecular weight is 324 g/mol. The maximum Gasteiger partial charge on any atom is 0.160 e. The second-order valence-electron chi connectivity index (χ2n) is 3.07. The quantitative estimate of drug-likeness (QED) is 0.657. The molecule has 1 aromatic carbocycles. The minimum Gasteiger partial charge on any atom is -0.504 e. The summed E-state index contributed by atoms with van der Waals surface area (Å²) in [5.41, 5.74) is 0.797. The van der Waals surface area contributed by atoms with E-state index in [2.05, 4.69) is 31.9 Å². The molecule has 0 aliphatic heterocycles. The van der Waals surface area contributed by atoms with E-state index in [0.29, 0.717) is 3.74 Å². The Hall–Kier alpha value is -0.220. The van der Waals surface area contributed by atoms with Crippen LogP contribution < -0.4 is 0 Å². The van der Waals surface area contributed by atoms with Gasteiger partial charge in [-0.1, -0.05) is 44.0 Å². The van der Waals surface area contributed by atoms with Crippen molar-refractivity contribution in [1.29, 1.82) is 0 Å². The number of aromatic hydroxyl groups is 2. The molecule has 14 heavy (non-hydrogen) atoms. The van der Waals surface area contributed by atoms with Crippen LogP contribution in [0.1, 0.15) is 18.4 Å². The van der Waals surface area contributed by atoms with Gasteiger partial charge in [-0.25, -0.2) is 0 Å². The van der Waals surface area contributed by atoms with Crippen LogP contribution in [0.2, 0.25) is 0 Å². The van der Waals surface area contributed by atoms with Crippen molar-refractivity contribution in [2.45, 2.75) is 23.0 Å². The van der Waals surface area contributed by atoms with Gasteiger partial charge < -0.3 is 10.2 Å². The van der Waals surface area contributed by atoms with Gasteiger partial charge in [0.1, 0.15) is 0 Å². The lowest BCUT2D eigenvalue weighted by Crippen LogP contribution is -1.90. The Morgan fingerprint density at radius 3 is 2.57 bits per heavy atom. The first-order chi connectivity index (χ1) is 6.61. The lowest BCUT2D eigenvalue weighted by atomic mass is 10.1. The second-order valence-corrected chi connectivity index (χ2v) is 6.51. The Labute approximate surface area is 100 Å². The monoisotopic (exact) mass is 322 g/mol. The number of alkyl halides is 2. The fraction of sp³-hybridized carbons (Fsp3) is 0.400. The fourth-order valence-corrected chi connectivity index (χ4v) is 1.87. The molecule has 0 bridgehead atoms. The van der Waals surface area contributed by atoms with Crippen molar-refractivity contribution in [3.8, 4) is 11.5 Å². The van der Waals surface area contributed by atoms with Crippen LogP contribution in [0, 0.1) is 0 Å². The van der Waals surface area contributed by atoms with E-state index >= 15 is 0 Å². The molecule has 0 aliphatic rings. The van der Waals surface area contributed by atoms with Crippen LogP contribution in [-0.4, -0.2) is 13.9 Å². The van der Waals surface area contributed by atoms with E-state index in [0.717, 1.165) is 24.8 Å². The van der Waals surface area contributed by atoms with E-state index < -0.39 is 0 Å². The van der Waals surface area contributed by atoms with Crippen LogP contribution in [0.5, 0.6) is 11.5 Å². The molecule has 0 heterocycles. The van der Waals surface area contributed by atoms with Gasteiger partial charge in [0, 0.05) is 0 Å². The van der Waals surface area contributed by atoms with E-state index in [1.54, 1.807) is 6.07 Å². The molecule has 4 heteroatoms. The molecule has 1 rings (SSSR count). The van der Waals surface area contributed by atoms with Gasteiger partial charge in [-0.15, -0.1) is 0 Å². The van der Waals surface area contributed by atoms with E-state index in [4.69, 9.17) is 0 Å². The third kappa shape index (κ3) is 3.50. The number of aryl methyl sites for hydroxylation is 1. The third-order valence-electron chi connectivity index (χ3n) is 1.97. The summed E-state index contributed by atoms with van der Waals surface area (Å²) in [4.78, 5) is 0. The number of hydrogen-bond donors (Lipinski definition) is 2. The zero-order chi connectivity index (χ0) is 10.6. The number of phenols is 2. The largest absolute Gasteiger partial charge is 0.504 e. The molecule has 0 aliphatic carbocycles. The number of benzene rings is 1. The zero-order valence-corrected chi connectivity index (χ0v) is 10.8. The summed E-state index contributed by atoms with van der Waals surface area (Å²) >= 11 is 6.77. The van der Waals surface area contributed by atoms with E-state index in [1.165, 1.54) is 6.07 Å². The standard InChI is InChI=1S/C10H12Br2O2/c11-9(12)6-2-4-7-3-1-5-8(13)10(7)14/h1,3,5,9,13-14H,2,4,6H2. The van der Waals surface area contributed by atoms with Gasteiger partial charge in [0.15, 0.2) is 11.5 Å². The van der Waals surface area contributed by atoms with Crippen molar-refractivity contribution in [2.24, 2.45) is 0 Å². The van der Waals surface area contributed by atoms with E-state index in [9.17, 15) is 10.2 Å². The highest BCUT2D eigenvalue weighted by Crippen LogP contribution is 2.29. The maximum atomic E-state index is 9.49. The molecule has 0 aromatic heterocycles. The van der Waals surface area contributed by atoms with Crippen molar-refractivity contribution >= 4 is 31.9 Å². The fourth-order valence-electron chi connectivity index (χ4n) is 1.23. The molecule has 2 N–H and O–H groups in total. The summed E-state index contributed by atoms with van der Waals surface area (Å²) in [5, 5.41) is 18.7. The van der Waals surface area contributed by atoms with Gasteiger partial charge in [-0.3, -0.25) is 0 Å². The van der Waals surface area contributed by atoms with Crippen LogP contribution >= 0.6 is 31.9 Å². The molecule has 0 amide bonds. The first kappa shape index (κ1) is 11.9. The van der Waals surface area contributed by atoms with Gasteiger partial charge in [-0.05, 0) is 30.9 Å². The highest BCUT2D eigenvalue weighted by Gasteiger charge is 2.06. The third-order valence-corrected chi connectivity index (χ3v) is 2.88. The number of phenolic OH excluding ortho intramolecular Hbond substituents is 2. The van der Waals surface area contributed by atoms with Gasteiger partial charge in [0.05, 0.1) is 3.74 Å². The Morgan fingerprint density at radius 2 is 1.93 bits per heavy atom. The van der Waals surface area contributed by atoms with Crippen LogP contribution in [-0.2, 0) is 6.42 Å². The summed E-state index contributed by atoms with van der Waals surface area (Å²) in [6, 6.07) is 5.05. The summed E-state index contributed by atoms with van der Waals surface area (Å²) < 4.78 is 0.314. The molecule has 78 valence electrons. The minimum absolute atomic E-state index is 0.00759. The Bertz CT molecular complexity index is 300. The van der Waals surface area contributed by atoms with Gasteiger partial charge in [-0.2, -0.15) is 0 Å². The maximum absolute atomic E-state index is 9.49. The number of halogens is 2. The highest BCUT2D eigenvalue weighted by molar-refractivity contribution is 9.24. The first-order valence-electron chi connectivity index (χ1n) is 4.39. The number of hydrogen-bond acceptors (Lipinski definition) is 2. The van der Waals surface area contributed by atoms with Crippen LogP contribution in [0.4, 0.5) is 0 Å². The normalized spacial score (nSPS) is 10.8. The van der Waals surface area contributed by atoms with Gasteiger partial charge >= 0.3 is 0 Å². The van der Waals surface area contributed by atoms with Crippen LogP contribution in [0.15, 0.2) is 18.2 Å². The predicted molar refractivity (Wildman–Crippen MR) is 64.4 cm³/mol. The molecule has 0 saturated heterocycles. The topological polar surface area (TPSA) is 40.5 Å². The Kier molecular flexibility index (Phi) is 4.75. The van der Waals surface area contributed by atoms with Crippen LogP contribution in [0.25, 0.3) is 0 Å². The predicted octanol–water partition coefficient (Wildman–Crippen LogP) is 3.54. The molecule has 0 atom stereocenters.